The second-order valence-corrected chi connectivity index (χ2v) is 4.27. The van der Waals surface area contributed by atoms with E-state index < -0.39 is 0 Å². The first-order valence-corrected chi connectivity index (χ1v) is 6.38. The number of benzene rings is 1. The van der Waals surface area contributed by atoms with Gasteiger partial charge in [-0.2, -0.15) is 5.10 Å². The first-order chi connectivity index (χ1) is 9.74. The van der Waals surface area contributed by atoms with Crippen molar-refractivity contribution in [3.05, 3.63) is 36.0 Å². The molecule has 0 saturated heterocycles. The van der Waals surface area contributed by atoms with E-state index in [0.29, 0.717) is 11.5 Å². The van der Waals surface area contributed by atoms with Crippen molar-refractivity contribution < 1.29 is 4.74 Å². The van der Waals surface area contributed by atoms with E-state index in [0.717, 1.165) is 24.4 Å². The third-order valence-corrected chi connectivity index (χ3v) is 2.90. The van der Waals surface area contributed by atoms with Gasteiger partial charge < -0.3 is 15.8 Å². The molecule has 0 unspecified atom stereocenters. The van der Waals surface area contributed by atoms with E-state index in [4.69, 9.17) is 10.5 Å². The van der Waals surface area contributed by atoms with Crippen LogP contribution in [-0.2, 0) is 6.54 Å². The fourth-order valence-corrected chi connectivity index (χ4v) is 1.71. The van der Waals surface area contributed by atoms with Crippen molar-refractivity contribution in [1.82, 2.24) is 15.1 Å². The molecule has 1 aromatic heterocycles. The van der Waals surface area contributed by atoms with Crippen molar-refractivity contribution in [3.63, 3.8) is 0 Å². The Morgan fingerprint density at radius 1 is 1.40 bits per heavy atom. The van der Waals surface area contributed by atoms with Gasteiger partial charge in [-0.3, -0.25) is 4.99 Å². The fourth-order valence-electron chi connectivity index (χ4n) is 1.71. The van der Waals surface area contributed by atoms with Gasteiger partial charge in [-0.15, -0.1) is 0 Å². The quantitative estimate of drug-likeness (QED) is 0.781. The van der Waals surface area contributed by atoms with Crippen LogP contribution in [0.15, 0.2) is 35.5 Å². The van der Waals surface area contributed by atoms with Gasteiger partial charge in [0, 0.05) is 12.8 Å². The minimum absolute atomic E-state index is 0.574. The molecule has 106 valence electrons. The molecule has 0 aliphatic heterocycles. The Kier molecular flexibility index (Phi) is 4.73. The van der Waals surface area contributed by atoms with Crippen LogP contribution in [0.5, 0.6) is 5.75 Å². The summed E-state index contributed by atoms with van der Waals surface area (Å²) in [5.74, 6) is 1.39. The molecule has 3 N–H and O–H groups in total. The number of likely N-dealkylation sites (N-methyl/N-ethyl adjacent to an activating group) is 1. The third-order valence-electron chi connectivity index (χ3n) is 2.90. The number of anilines is 1. The van der Waals surface area contributed by atoms with Gasteiger partial charge in [0.2, 0.25) is 0 Å². The van der Waals surface area contributed by atoms with Gasteiger partial charge in [0.25, 0.3) is 0 Å². The van der Waals surface area contributed by atoms with Gasteiger partial charge in [-0.25, -0.2) is 4.68 Å². The Hall–Kier alpha value is -2.34. The fraction of sp³-hybridized carbons (Fsp3) is 0.286. The maximum Gasteiger partial charge on any atom is 0.147 e. The molecular formula is C14H19N5O. The zero-order valence-electron chi connectivity index (χ0n) is 11.7. The molecule has 0 amide bonds. The standard InChI is InChI=1S/C14H19N5O/c1-16-7-8-19-14(15)13(10-18-19)17-9-11-3-5-12(20-2)6-4-11/h3-6,9-10,16H,7-8,15H2,1-2H3. The highest BCUT2D eigenvalue weighted by Gasteiger charge is 2.04. The highest BCUT2D eigenvalue weighted by molar-refractivity contribution is 5.83. The van der Waals surface area contributed by atoms with Crippen LogP contribution in [0.2, 0.25) is 0 Å². The molecule has 0 spiro atoms. The van der Waals surface area contributed by atoms with E-state index >= 15 is 0 Å². The average Bonchev–Trinajstić information content (AvgIpc) is 2.84. The number of hydrogen-bond acceptors (Lipinski definition) is 5. The van der Waals surface area contributed by atoms with Gasteiger partial charge in [0.15, 0.2) is 0 Å². The van der Waals surface area contributed by atoms with E-state index in [2.05, 4.69) is 15.4 Å². The van der Waals surface area contributed by atoms with Crippen molar-refractivity contribution in [2.24, 2.45) is 4.99 Å². The molecule has 0 fully saturated rings. The van der Waals surface area contributed by atoms with Crippen LogP contribution < -0.4 is 15.8 Å². The van der Waals surface area contributed by atoms with Gasteiger partial charge >= 0.3 is 0 Å². The minimum Gasteiger partial charge on any atom is -0.497 e. The molecule has 0 atom stereocenters. The largest absolute Gasteiger partial charge is 0.497 e. The van der Waals surface area contributed by atoms with E-state index in [1.165, 1.54) is 0 Å². The maximum atomic E-state index is 5.99. The molecule has 2 aromatic rings. The predicted molar refractivity (Wildman–Crippen MR) is 80.8 cm³/mol. The molecule has 0 bridgehead atoms. The zero-order chi connectivity index (χ0) is 14.4. The van der Waals surface area contributed by atoms with E-state index in [1.54, 1.807) is 24.2 Å². The predicted octanol–water partition coefficient (Wildman–Crippen LogP) is 1.44. The number of hydrogen-bond donors (Lipinski definition) is 2. The summed E-state index contributed by atoms with van der Waals surface area (Å²) in [5, 5.41) is 7.27. The summed E-state index contributed by atoms with van der Waals surface area (Å²) in [4.78, 5) is 4.37. The lowest BCUT2D eigenvalue weighted by molar-refractivity contribution is 0.415. The topological polar surface area (TPSA) is 77.5 Å². The van der Waals surface area contributed by atoms with Crippen LogP contribution in [0.1, 0.15) is 5.56 Å². The second-order valence-electron chi connectivity index (χ2n) is 4.27. The Balaban J connectivity index is 2.08. The average molecular weight is 273 g/mol. The number of nitrogen functional groups attached to an aromatic ring is 1. The number of ether oxygens (including phenoxy) is 1. The molecule has 20 heavy (non-hydrogen) atoms. The molecular weight excluding hydrogens is 254 g/mol. The van der Waals surface area contributed by atoms with Gasteiger partial charge in [0.1, 0.15) is 17.3 Å². The van der Waals surface area contributed by atoms with Crippen molar-refractivity contribution in [2.45, 2.75) is 6.54 Å². The highest BCUT2D eigenvalue weighted by atomic mass is 16.5. The first-order valence-electron chi connectivity index (χ1n) is 6.38. The molecule has 0 aliphatic rings. The van der Waals surface area contributed by atoms with Gasteiger partial charge in [-0.05, 0) is 36.9 Å². The number of methoxy groups -OCH3 is 1. The number of nitrogens with zero attached hydrogens (tertiary/aromatic N) is 3. The number of aromatic nitrogens is 2. The first kappa shape index (κ1) is 14.1. The van der Waals surface area contributed by atoms with Gasteiger partial charge in [-0.1, -0.05) is 0 Å². The Labute approximate surface area is 118 Å². The van der Waals surface area contributed by atoms with Crippen LogP contribution in [0.3, 0.4) is 0 Å². The number of nitrogens with two attached hydrogens (primary N) is 1. The van der Waals surface area contributed by atoms with E-state index in [-0.39, 0.29) is 0 Å². The number of rotatable bonds is 6. The lowest BCUT2D eigenvalue weighted by Gasteiger charge is -2.02. The van der Waals surface area contributed by atoms with Crippen molar-refractivity contribution in [3.8, 4) is 5.75 Å². The molecule has 1 heterocycles. The molecule has 6 nitrogen and oxygen atoms in total. The highest BCUT2D eigenvalue weighted by Crippen LogP contribution is 2.20. The normalized spacial score (nSPS) is 11.1. The summed E-state index contributed by atoms with van der Waals surface area (Å²) in [5.41, 5.74) is 7.65. The summed E-state index contributed by atoms with van der Waals surface area (Å²) in [6.07, 6.45) is 3.43. The van der Waals surface area contributed by atoms with Crippen LogP contribution in [0.4, 0.5) is 11.5 Å². The third kappa shape index (κ3) is 3.36. The molecule has 0 radical (unpaired) electrons. The number of aliphatic imine (C=N–C) groups is 1. The van der Waals surface area contributed by atoms with Crippen molar-refractivity contribution >= 4 is 17.7 Å². The van der Waals surface area contributed by atoms with E-state index in [1.807, 2.05) is 31.3 Å². The molecule has 2 rings (SSSR count). The summed E-state index contributed by atoms with van der Waals surface area (Å²) in [7, 11) is 3.53. The number of nitrogens with one attached hydrogen (secondary N) is 1. The molecule has 6 heteroatoms. The smallest absolute Gasteiger partial charge is 0.147 e. The van der Waals surface area contributed by atoms with Crippen LogP contribution >= 0.6 is 0 Å². The van der Waals surface area contributed by atoms with Crippen LogP contribution in [0, 0.1) is 0 Å². The van der Waals surface area contributed by atoms with E-state index in [9.17, 15) is 0 Å². The second kappa shape index (κ2) is 6.72. The molecule has 0 aliphatic carbocycles. The Bertz CT molecular complexity index is 574. The summed E-state index contributed by atoms with van der Waals surface area (Å²) < 4.78 is 6.84. The summed E-state index contributed by atoms with van der Waals surface area (Å²) in [6, 6.07) is 7.65. The van der Waals surface area contributed by atoms with Crippen molar-refractivity contribution in [2.75, 3.05) is 26.4 Å². The SMILES string of the molecule is CNCCn1ncc(N=Cc2ccc(OC)cc2)c1N. The van der Waals surface area contributed by atoms with Crippen molar-refractivity contribution in [1.29, 1.82) is 0 Å². The zero-order valence-corrected chi connectivity index (χ0v) is 11.7. The van der Waals surface area contributed by atoms with Crippen LogP contribution in [-0.4, -0.2) is 36.7 Å². The lowest BCUT2D eigenvalue weighted by Crippen LogP contribution is -2.16. The van der Waals surface area contributed by atoms with Gasteiger partial charge in [0.05, 0.1) is 19.9 Å². The Morgan fingerprint density at radius 3 is 2.80 bits per heavy atom. The monoisotopic (exact) mass is 273 g/mol. The van der Waals surface area contributed by atoms with Crippen LogP contribution in [0.25, 0.3) is 0 Å². The summed E-state index contributed by atoms with van der Waals surface area (Å²) >= 11 is 0. The maximum absolute atomic E-state index is 5.99. The Morgan fingerprint density at radius 2 is 2.15 bits per heavy atom. The molecule has 1 aromatic carbocycles. The lowest BCUT2D eigenvalue weighted by atomic mass is 10.2. The summed E-state index contributed by atoms with van der Waals surface area (Å²) in [6.45, 7) is 1.54. The minimum atomic E-state index is 0.574. The molecule has 0 saturated carbocycles.